The number of rotatable bonds is 9. The summed E-state index contributed by atoms with van der Waals surface area (Å²) in [5.74, 6) is 0. The van der Waals surface area contributed by atoms with Crippen LogP contribution in [-0.4, -0.2) is 18.2 Å². The van der Waals surface area contributed by atoms with E-state index in [9.17, 15) is 14.4 Å². The number of carbonyl (C=O) groups excluding carboxylic acids is 3. The zero-order valence-corrected chi connectivity index (χ0v) is 12.9. The number of nitrogens with zero attached hydrogens (tertiary/aromatic N) is 3. The Morgan fingerprint density at radius 1 is 0.750 bits per heavy atom. The highest BCUT2D eigenvalue weighted by Gasteiger charge is 2.23. The van der Waals surface area contributed by atoms with Crippen LogP contribution < -0.4 is 0 Å². The molecule has 1 aromatic rings. The average molecular weight is 321 g/mol. The van der Waals surface area contributed by atoms with Gasteiger partial charge in [-0.15, -0.1) is 19.7 Å². The van der Waals surface area contributed by atoms with Gasteiger partial charge in [0.05, 0.1) is 0 Å². The smallest absolute Gasteiger partial charge is 0.211 e. The van der Waals surface area contributed by atoms with Gasteiger partial charge in [0.15, 0.2) is 0 Å². The van der Waals surface area contributed by atoms with Crippen LogP contribution in [0.4, 0.5) is 0 Å². The van der Waals surface area contributed by atoms with Gasteiger partial charge in [0, 0.05) is 0 Å². The van der Waals surface area contributed by atoms with Crippen molar-refractivity contribution in [1.29, 1.82) is 0 Å². The van der Waals surface area contributed by atoms with Gasteiger partial charge in [-0.2, -0.15) is 15.0 Å². The van der Waals surface area contributed by atoms with E-state index >= 15 is 0 Å². The molecule has 24 heavy (non-hydrogen) atoms. The normalized spacial score (nSPS) is 13.0. The topological polar surface area (TPSA) is 88.3 Å². The Hall–Kier alpha value is -3.42. The first-order chi connectivity index (χ1) is 11.7. The van der Waals surface area contributed by atoms with Gasteiger partial charge in [0.25, 0.3) is 0 Å². The number of hydrogen-bond donors (Lipinski definition) is 0. The lowest BCUT2D eigenvalue weighted by molar-refractivity contribution is 0.558. The molecule has 6 nitrogen and oxygen atoms in total. The van der Waals surface area contributed by atoms with Crippen LogP contribution in [0.2, 0.25) is 0 Å². The van der Waals surface area contributed by atoms with E-state index in [1.165, 1.54) is 36.5 Å². The minimum Gasteiger partial charge on any atom is -0.211 e. The van der Waals surface area contributed by atoms with Crippen molar-refractivity contribution in [2.24, 2.45) is 15.0 Å². The summed E-state index contributed by atoms with van der Waals surface area (Å²) in [6, 6.07) is 2.94. The van der Waals surface area contributed by atoms with Crippen molar-refractivity contribution in [2.75, 3.05) is 0 Å². The lowest BCUT2D eigenvalue weighted by Gasteiger charge is -2.21. The average Bonchev–Trinajstić information content (AvgIpc) is 2.61. The van der Waals surface area contributed by atoms with Gasteiger partial charge in [-0.1, -0.05) is 36.4 Å². The van der Waals surface area contributed by atoms with E-state index in [2.05, 4.69) is 34.7 Å². The van der Waals surface area contributed by atoms with E-state index in [0.717, 1.165) is 0 Å². The fraction of sp³-hybridized carbons (Fsp3) is 0.167. The predicted octanol–water partition coefficient (Wildman–Crippen LogP) is 3.38. The maximum absolute atomic E-state index is 10.7. The molecule has 0 radical (unpaired) electrons. The predicted molar refractivity (Wildman–Crippen MR) is 89.6 cm³/mol. The third kappa shape index (κ3) is 4.07. The molecule has 0 aliphatic heterocycles. The highest BCUT2D eigenvalue weighted by Crippen LogP contribution is 2.36. The molecule has 0 spiro atoms. The zero-order chi connectivity index (χ0) is 17.9. The van der Waals surface area contributed by atoms with Crippen LogP contribution in [0.1, 0.15) is 34.8 Å². The van der Waals surface area contributed by atoms with E-state index in [1.807, 2.05) is 0 Å². The molecule has 1 rings (SSSR count). The maximum atomic E-state index is 10.7. The van der Waals surface area contributed by atoms with Gasteiger partial charge in [0.2, 0.25) is 18.2 Å². The largest absolute Gasteiger partial charge is 0.235 e. The molecule has 0 saturated heterocycles. The monoisotopic (exact) mass is 321 g/mol. The van der Waals surface area contributed by atoms with Gasteiger partial charge < -0.3 is 0 Å². The summed E-state index contributed by atoms with van der Waals surface area (Å²) in [5.41, 5.74) is 1.63. The lowest BCUT2D eigenvalue weighted by atomic mass is 9.88. The maximum Gasteiger partial charge on any atom is 0.235 e. The molecule has 120 valence electrons. The molecular weight excluding hydrogens is 306 g/mol. The molecule has 0 N–H and O–H groups in total. The van der Waals surface area contributed by atoms with E-state index in [0.29, 0.717) is 16.7 Å². The molecule has 0 bridgehead atoms. The molecule has 0 aromatic heterocycles. The van der Waals surface area contributed by atoms with Crippen molar-refractivity contribution in [3.8, 4) is 0 Å². The molecule has 0 heterocycles. The van der Waals surface area contributed by atoms with Crippen LogP contribution in [0.5, 0.6) is 0 Å². The fourth-order valence-corrected chi connectivity index (χ4v) is 2.36. The Morgan fingerprint density at radius 3 is 1.46 bits per heavy atom. The van der Waals surface area contributed by atoms with Gasteiger partial charge >= 0.3 is 0 Å². The number of benzene rings is 1. The minimum absolute atomic E-state index is 0.517. The minimum atomic E-state index is -0.762. The van der Waals surface area contributed by atoms with Gasteiger partial charge in [-0.3, -0.25) is 0 Å². The second kappa shape index (κ2) is 9.57. The molecule has 3 unspecified atom stereocenters. The lowest BCUT2D eigenvalue weighted by Crippen LogP contribution is -2.08. The summed E-state index contributed by atoms with van der Waals surface area (Å²) >= 11 is 0. The Balaban J connectivity index is 3.83. The third-order valence-electron chi connectivity index (χ3n) is 3.35. The Kier molecular flexibility index (Phi) is 7.43. The molecule has 0 saturated carbocycles. The highest BCUT2D eigenvalue weighted by molar-refractivity contribution is 5.50. The van der Waals surface area contributed by atoms with E-state index < -0.39 is 18.1 Å². The molecule has 1 aromatic carbocycles. The van der Waals surface area contributed by atoms with E-state index in [1.54, 1.807) is 18.2 Å². The van der Waals surface area contributed by atoms with Crippen molar-refractivity contribution < 1.29 is 14.4 Å². The number of hydrogen-bond acceptors (Lipinski definition) is 6. The van der Waals surface area contributed by atoms with Gasteiger partial charge in [-0.25, -0.2) is 14.4 Å². The SMILES string of the molecule is C=CC(N=C=O)c1cccc(C(C=C)N=C=O)c1C(C=C)N=C=O. The Morgan fingerprint density at radius 2 is 1.12 bits per heavy atom. The Bertz CT molecular complexity index is 732. The van der Waals surface area contributed by atoms with Gasteiger partial charge in [0.1, 0.15) is 18.1 Å². The van der Waals surface area contributed by atoms with Crippen LogP contribution in [0, 0.1) is 0 Å². The second-order valence-corrected chi connectivity index (χ2v) is 4.55. The zero-order valence-electron chi connectivity index (χ0n) is 12.9. The molecule has 0 aliphatic carbocycles. The summed E-state index contributed by atoms with van der Waals surface area (Å²) in [6.07, 6.45) is 8.79. The van der Waals surface area contributed by atoms with Crippen LogP contribution >= 0.6 is 0 Å². The summed E-state index contributed by atoms with van der Waals surface area (Å²) in [6.45, 7) is 11.0. The van der Waals surface area contributed by atoms with Crippen LogP contribution in [0.3, 0.4) is 0 Å². The van der Waals surface area contributed by atoms with Crippen LogP contribution in [0.25, 0.3) is 0 Å². The standard InChI is InChI=1S/C18H15N3O3/c1-4-15(19-10-22)13-8-7-9-14(16(5-2)20-11-23)18(13)17(6-3)21-12-24/h4-9,15-17H,1-3H2. The summed E-state index contributed by atoms with van der Waals surface area (Å²) in [5, 5.41) is 0. The molecule has 6 heteroatoms. The summed E-state index contributed by atoms with van der Waals surface area (Å²) in [4.78, 5) is 43.2. The third-order valence-corrected chi connectivity index (χ3v) is 3.35. The first-order valence-corrected chi connectivity index (χ1v) is 6.89. The number of aliphatic imine (C=N–C) groups is 3. The first-order valence-electron chi connectivity index (χ1n) is 6.89. The van der Waals surface area contributed by atoms with Crippen molar-refractivity contribution in [1.82, 2.24) is 0 Å². The van der Waals surface area contributed by atoms with Crippen molar-refractivity contribution in [3.63, 3.8) is 0 Å². The van der Waals surface area contributed by atoms with E-state index in [-0.39, 0.29) is 0 Å². The highest BCUT2D eigenvalue weighted by atomic mass is 16.1. The van der Waals surface area contributed by atoms with Crippen LogP contribution in [0.15, 0.2) is 71.1 Å². The first kappa shape index (κ1) is 18.6. The van der Waals surface area contributed by atoms with Crippen molar-refractivity contribution >= 4 is 18.2 Å². The molecule has 3 atom stereocenters. The molecular formula is C18H15N3O3. The molecule has 0 aliphatic rings. The summed E-state index contributed by atoms with van der Waals surface area (Å²) in [7, 11) is 0. The van der Waals surface area contributed by atoms with Gasteiger partial charge in [-0.05, 0) is 16.7 Å². The Labute approximate surface area is 139 Å². The quantitative estimate of drug-likeness (QED) is 0.397. The van der Waals surface area contributed by atoms with Crippen molar-refractivity contribution in [3.05, 3.63) is 72.9 Å². The number of isocyanates is 3. The molecule has 0 amide bonds. The van der Waals surface area contributed by atoms with Crippen molar-refractivity contribution in [2.45, 2.75) is 18.1 Å². The molecule has 0 fully saturated rings. The van der Waals surface area contributed by atoms with E-state index in [4.69, 9.17) is 0 Å². The van der Waals surface area contributed by atoms with Crippen LogP contribution in [-0.2, 0) is 14.4 Å². The summed E-state index contributed by atoms with van der Waals surface area (Å²) < 4.78 is 0. The fourth-order valence-electron chi connectivity index (χ4n) is 2.36. The second-order valence-electron chi connectivity index (χ2n) is 4.55.